The van der Waals surface area contributed by atoms with E-state index in [9.17, 15) is 9.59 Å². The number of hydrogen-bond acceptors (Lipinski definition) is 2. The summed E-state index contributed by atoms with van der Waals surface area (Å²) in [6.45, 7) is 5.17. The molecule has 0 saturated heterocycles. The van der Waals surface area contributed by atoms with Crippen molar-refractivity contribution in [1.29, 1.82) is 0 Å². The molecule has 1 unspecified atom stereocenters. The van der Waals surface area contributed by atoms with Crippen LogP contribution in [0, 0.1) is 5.92 Å². The first-order chi connectivity index (χ1) is 5.00. The van der Waals surface area contributed by atoms with Gasteiger partial charge in [-0.05, 0) is 0 Å². The second-order valence-corrected chi connectivity index (χ2v) is 3.18. The van der Waals surface area contributed by atoms with Crippen LogP contribution in [0.2, 0.25) is 0 Å². The van der Waals surface area contributed by atoms with Crippen LogP contribution in [0.3, 0.4) is 0 Å². The number of carbonyl (C=O) groups excluding carboxylic acids is 2. The lowest BCUT2D eigenvalue weighted by atomic mass is 10.0. The van der Waals surface area contributed by atoms with Crippen molar-refractivity contribution in [1.82, 2.24) is 0 Å². The van der Waals surface area contributed by atoms with Gasteiger partial charge in [0, 0.05) is 12.3 Å². The van der Waals surface area contributed by atoms with Crippen molar-refractivity contribution in [2.75, 3.05) is 0 Å². The Morgan fingerprint density at radius 1 is 1.36 bits per heavy atom. The van der Waals surface area contributed by atoms with E-state index in [1.54, 1.807) is 20.8 Å². The Morgan fingerprint density at radius 2 is 1.82 bits per heavy atom. The van der Waals surface area contributed by atoms with Crippen molar-refractivity contribution >= 4 is 23.2 Å². The second kappa shape index (κ2) is 4.50. The molecule has 1 atom stereocenters. The lowest BCUT2D eigenvalue weighted by Gasteiger charge is -2.07. The van der Waals surface area contributed by atoms with Gasteiger partial charge in [0.1, 0.15) is 0 Å². The highest BCUT2D eigenvalue weighted by atomic mass is 35.5. The van der Waals surface area contributed by atoms with Gasteiger partial charge in [-0.3, -0.25) is 9.59 Å². The van der Waals surface area contributed by atoms with Crippen LogP contribution < -0.4 is 0 Å². The zero-order valence-electron chi connectivity index (χ0n) is 7.06. The Kier molecular flexibility index (Phi) is 4.34. The summed E-state index contributed by atoms with van der Waals surface area (Å²) < 4.78 is 0. The normalized spacial score (nSPS) is 13.2. The first kappa shape index (κ1) is 10.6. The summed E-state index contributed by atoms with van der Waals surface area (Å²) in [7, 11) is 0. The number of alkyl halides is 1. The molecule has 0 aromatic rings. The fourth-order valence-corrected chi connectivity index (χ4v) is 1.04. The minimum atomic E-state index is -0.931. The lowest BCUT2D eigenvalue weighted by Crippen LogP contribution is -2.27. The van der Waals surface area contributed by atoms with E-state index in [1.165, 1.54) is 0 Å². The quantitative estimate of drug-likeness (QED) is 0.484. The summed E-state index contributed by atoms with van der Waals surface area (Å²) >= 11 is 5.58. The molecule has 0 aliphatic carbocycles. The Bertz CT molecular complexity index is 163. The zero-order valence-corrected chi connectivity index (χ0v) is 7.81. The molecule has 0 aliphatic rings. The average Bonchev–Trinajstić information content (AvgIpc) is 2.00. The maximum atomic E-state index is 11.1. The first-order valence-corrected chi connectivity index (χ1v) is 4.14. The monoisotopic (exact) mass is 176 g/mol. The lowest BCUT2D eigenvalue weighted by molar-refractivity contribution is -0.128. The van der Waals surface area contributed by atoms with Gasteiger partial charge in [-0.2, -0.15) is 0 Å². The van der Waals surface area contributed by atoms with E-state index < -0.39 is 5.38 Å². The van der Waals surface area contributed by atoms with E-state index >= 15 is 0 Å². The largest absolute Gasteiger partial charge is 0.298 e. The minimum Gasteiger partial charge on any atom is -0.298 e. The average molecular weight is 177 g/mol. The van der Waals surface area contributed by atoms with E-state index in [-0.39, 0.29) is 17.5 Å². The number of halogens is 1. The summed E-state index contributed by atoms with van der Waals surface area (Å²) in [5.41, 5.74) is 0. The van der Waals surface area contributed by atoms with Crippen molar-refractivity contribution in [3.8, 4) is 0 Å². The van der Waals surface area contributed by atoms with E-state index in [0.717, 1.165) is 0 Å². The summed E-state index contributed by atoms with van der Waals surface area (Å²) in [4.78, 5) is 22.0. The van der Waals surface area contributed by atoms with Crippen LogP contribution in [0.4, 0.5) is 0 Å². The van der Waals surface area contributed by atoms with Crippen molar-refractivity contribution < 1.29 is 9.59 Å². The maximum absolute atomic E-state index is 11.1. The van der Waals surface area contributed by atoms with Gasteiger partial charge in [-0.15, -0.1) is 11.6 Å². The standard InChI is InChI=1S/C8H13ClO2/c1-4-6(10)7(9)8(11)5(2)3/h5,7H,4H2,1-3H3. The topological polar surface area (TPSA) is 34.1 Å². The van der Waals surface area contributed by atoms with Crippen LogP contribution in [0.5, 0.6) is 0 Å². The molecule has 0 aliphatic heterocycles. The predicted octanol–water partition coefficient (Wildman–Crippen LogP) is 1.80. The molecule has 64 valence electrons. The van der Waals surface area contributed by atoms with Crippen LogP contribution in [-0.2, 0) is 9.59 Å². The molecule has 0 N–H and O–H groups in total. The summed E-state index contributed by atoms with van der Waals surface area (Å²) in [6.07, 6.45) is 0.326. The highest BCUT2D eigenvalue weighted by molar-refractivity contribution is 6.42. The molecule has 0 radical (unpaired) electrons. The predicted molar refractivity (Wildman–Crippen MR) is 44.8 cm³/mol. The number of Topliss-reactive ketones (excluding diaryl/α,β-unsaturated/α-hetero) is 2. The van der Waals surface area contributed by atoms with Crippen molar-refractivity contribution in [3.63, 3.8) is 0 Å². The number of rotatable bonds is 4. The van der Waals surface area contributed by atoms with Gasteiger partial charge in [-0.1, -0.05) is 20.8 Å². The third-order valence-electron chi connectivity index (χ3n) is 1.45. The molecule has 0 aromatic carbocycles. The third kappa shape index (κ3) is 3.02. The Hall–Kier alpha value is -0.370. The molecule has 0 spiro atoms. The molecule has 3 heteroatoms. The van der Waals surface area contributed by atoms with Gasteiger partial charge in [0.25, 0.3) is 0 Å². The molecule has 0 aromatic heterocycles. The highest BCUT2D eigenvalue weighted by Gasteiger charge is 2.23. The van der Waals surface area contributed by atoms with Crippen LogP contribution in [0.25, 0.3) is 0 Å². The molecule has 0 saturated carbocycles. The Balaban J connectivity index is 4.13. The second-order valence-electron chi connectivity index (χ2n) is 2.74. The first-order valence-electron chi connectivity index (χ1n) is 3.71. The fraction of sp³-hybridized carbons (Fsp3) is 0.750. The smallest absolute Gasteiger partial charge is 0.160 e. The van der Waals surface area contributed by atoms with Crippen molar-refractivity contribution in [2.45, 2.75) is 32.6 Å². The molecule has 0 amide bonds. The van der Waals surface area contributed by atoms with Gasteiger partial charge in [-0.25, -0.2) is 0 Å². The van der Waals surface area contributed by atoms with Gasteiger partial charge in [0.05, 0.1) is 0 Å². The number of carbonyl (C=O) groups is 2. The summed E-state index contributed by atoms with van der Waals surface area (Å²) in [6, 6.07) is 0. The third-order valence-corrected chi connectivity index (χ3v) is 1.91. The number of ketones is 2. The van der Waals surface area contributed by atoms with Crippen LogP contribution in [0.15, 0.2) is 0 Å². The van der Waals surface area contributed by atoms with E-state index in [2.05, 4.69) is 0 Å². The minimum absolute atomic E-state index is 0.159. The molecular formula is C8H13ClO2. The van der Waals surface area contributed by atoms with Crippen molar-refractivity contribution in [2.24, 2.45) is 5.92 Å². The van der Waals surface area contributed by atoms with Gasteiger partial charge in [0.15, 0.2) is 16.9 Å². The van der Waals surface area contributed by atoms with E-state index in [1.807, 2.05) is 0 Å². The van der Waals surface area contributed by atoms with Gasteiger partial charge >= 0.3 is 0 Å². The summed E-state index contributed by atoms with van der Waals surface area (Å²) in [5.74, 6) is -0.531. The molecule has 0 bridgehead atoms. The van der Waals surface area contributed by atoms with Crippen molar-refractivity contribution in [3.05, 3.63) is 0 Å². The molecule has 0 rings (SSSR count). The van der Waals surface area contributed by atoms with Crippen LogP contribution >= 0.6 is 11.6 Å². The van der Waals surface area contributed by atoms with E-state index in [0.29, 0.717) is 6.42 Å². The Morgan fingerprint density at radius 3 is 2.09 bits per heavy atom. The van der Waals surface area contributed by atoms with Gasteiger partial charge < -0.3 is 0 Å². The molecule has 2 nitrogen and oxygen atoms in total. The Labute approximate surface area is 71.9 Å². The maximum Gasteiger partial charge on any atom is 0.160 e. The molecule has 0 fully saturated rings. The molecule has 11 heavy (non-hydrogen) atoms. The zero-order chi connectivity index (χ0) is 9.02. The highest BCUT2D eigenvalue weighted by Crippen LogP contribution is 2.08. The van der Waals surface area contributed by atoms with E-state index in [4.69, 9.17) is 11.6 Å². The van der Waals surface area contributed by atoms with Crippen LogP contribution in [-0.4, -0.2) is 16.9 Å². The fourth-order valence-electron chi connectivity index (χ4n) is 0.631. The summed E-state index contributed by atoms with van der Waals surface area (Å²) in [5, 5.41) is -0.931. The van der Waals surface area contributed by atoms with Crippen LogP contribution in [0.1, 0.15) is 27.2 Å². The molecule has 0 heterocycles. The molecular weight excluding hydrogens is 164 g/mol. The number of hydrogen-bond donors (Lipinski definition) is 0. The SMILES string of the molecule is CCC(=O)C(Cl)C(=O)C(C)C. The van der Waals surface area contributed by atoms with Gasteiger partial charge in [0.2, 0.25) is 0 Å².